The van der Waals surface area contributed by atoms with Crippen LogP contribution in [-0.2, 0) is 17.8 Å². The highest BCUT2D eigenvalue weighted by Crippen LogP contribution is 2.37. The summed E-state index contributed by atoms with van der Waals surface area (Å²) in [5.74, 6) is -3.78. The van der Waals surface area contributed by atoms with E-state index in [1.165, 1.54) is 42.0 Å². The smallest absolute Gasteiger partial charge is 0.347 e. The number of esters is 1. The Labute approximate surface area is 279 Å². The summed E-state index contributed by atoms with van der Waals surface area (Å²) in [4.78, 5) is 13.2. The number of phenolic OH excluding ortho intramolecular Hbond substituents is 1. The molecule has 0 aromatic heterocycles. The molecule has 4 rings (SSSR count). The van der Waals surface area contributed by atoms with Gasteiger partial charge in [0, 0.05) is 37.0 Å². The van der Waals surface area contributed by atoms with Crippen LogP contribution in [-0.4, -0.2) is 52.7 Å². The van der Waals surface area contributed by atoms with Gasteiger partial charge in [-0.05, 0) is 86.2 Å². The van der Waals surface area contributed by atoms with E-state index in [-0.39, 0.29) is 45.9 Å². The van der Waals surface area contributed by atoms with E-state index in [9.17, 15) is 34.0 Å². The minimum atomic E-state index is -1.16. The van der Waals surface area contributed by atoms with Gasteiger partial charge in [0.15, 0.2) is 0 Å². The number of hydrogen-bond acceptors (Lipinski definition) is 8. The predicted octanol–water partition coefficient (Wildman–Crippen LogP) is 6.98. The van der Waals surface area contributed by atoms with Gasteiger partial charge in [-0.15, -0.1) is 0 Å². The number of carbonyl (C=O) groups is 1. The van der Waals surface area contributed by atoms with E-state index in [0.717, 1.165) is 64.2 Å². The zero-order valence-electron chi connectivity index (χ0n) is 26.8. The Bertz CT molecular complexity index is 1620. The Balaban J connectivity index is 1.24. The van der Waals surface area contributed by atoms with Crippen LogP contribution in [0.3, 0.4) is 0 Å². The third-order valence-electron chi connectivity index (χ3n) is 8.01. The first-order chi connectivity index (χ1) is 23.3. The van der Waals surface area contributed by atoms with Crippen molar-refractivity contribution in [2.24, 2.45) is 0 Å². The van der Waals surface area contributed by atoms with E-state index in [4.69, 9.17) is 9.47 Å². The number of phenols is 2. The Kier molecular flexibility index (Phi) is 14.3. The number of aliphatic hydroxyl groups is 2. The average Bonchev–Trinajstić information content (AvgIpc) is 3.07. The fourth-order valence-electron chi connectivity index (χ4n) is 5.35. The van der Waals surface area contributed by atoms with Gasteiger partial charge in [0.2, 0.25) is 0 Å². The maximum atomic E-state index is 14.4. The molecule has 256 valence electrons. The van der Waals surface area contributed by atoms with Gasteiger partial charge in [-0.1, -0.05) is 49.2 Å². The van der Waals surface area contributed by atoms with Crippen LogP contribution in [0.4, 0.5) is 8.78 Å². The number of rotatable bonds is 19. The Morgan fingerprint density at radius 3 is 2.29 bits per heavy atom. The van der Waals surface area contributed by atoms with Crippen molar-refractivity contribution in [3.05, 3.63) is 113 Å². The topological polar surface area (TPSA) is 128 Å². The molecule has 4 aromatic rings. The fourth-order valence-corrected chi connectivity index (χ4v) is 5.35. The lowest BCUT2D eigenvalue weighted by atomic mass is 10.0. The lowest BCUT2D eigenvalue weighted by molar-refractivity contribution is 0.0719. The van der Waals surface area contributed by atoms with Gasteiger partial charge in [-0.2, -0.15) is 0 Å². The van der Waals surface area contributed by atoms with E-state index in [0.29, 0.717) is 12.6 Å². The first-order valence-corrected chi connectivity index (χ1v) is 16.2. The van der Waals surface area contributed by atoms with E-state index < -0.39 is 36.1 Å². The summed E-state index contributed by atoms with van der Waals surface area (Å²) in [5, 5.41) is 44.8. The van der Waals surface area contributed by atoms with Crippen LogP contribution in [0.1, 0.15) is 71.7 Å². The first kappa shape index (κ1) is 36.5. The standard InChI is InChI=1S/C38H43F2NO7/c39-28-14-15-29(33(40)23-28)27-13-17-34(43)31(22-27)38(46)48-37-30(16-18-35(44)32(37)25-42)36(45)24-41-19-7-1-2-8-20-47-21-9-6-12-26-10-4-3-5-11-26/h3-5,10-11,13-18,22-23,36,41-45H,1-2,6-9,12,19-21,24-25H2. The monoisotopic (exact) mass is 663 g/mol. The molecule has 0 aliphatic rings. The quantitative estimate of drug-likeness (QED) is 0.0413. The molecule has 5 N–H and O–H groups in total. The molecular weight excluding hydrogens is 620 g/mol. The Morgan fingerprint density at radius 2 is 1.54 bits per heavy atom. The highest BCUT2D eigenvalue weighted by molar-refractivity contribution is 5.95. The Hall–Kier alpha value is -4.35. The highest BCUT2D eigenvalue weighted by atomic mass is 19.1. The molecule has 1 unspecified atom stereocenters. The van der Waals surface area contributed by atoms with Gasteiger partial charge in [0.05, 0.1) is 18.3 Å². The summed E-state index contributed by atoms with van der Waals surface area (Å²) in [6.07, 6.45) is 5.92. The summed E-state index contributed by atoms with van der Waals surface area (Å²) >= 11 is 0. The third-order valence-corrected chi connectivity index (χ3v) is 8.01. The van der Waals surface area contributed by atoms with Gasteiger partial charge in [-0.3, -0.25) is 0 Å². The lowest BCUT2D eigenvalue weighted by Gasteiger charge is -2.19. The van der Waals surface area contributed by atoms with E-state index in [2.05, 4.69) is 29.6 Å². The number of aliphatic hydroxyl groups excluding tert-OH is 2. The zero-order chi connectivity index (χ0) is 34.3. The summed E-state index contributed by atoms with van der Waals surface area (Å²) in [6, 6.07) is 19.8. The van der Waals surface area contributed by atoms with Crippen molar-refractivity contribution in [2.75, 3.05) is 26.3 Å². The van der Waals surface area contributed by atoms with E-state index >= 15 is 0 Å². The normalized spacial score (nSPS) is 11.8. The number of benzene rings is 4. The van der Waals surface area contributed by atoms with Crippen LogP contribution in [0.2, 0.25) is 0 Å². The largest absolute Gasteiger partial charge is 0.507 e. The number of aromatic hydroxyl groups is 2. The molecule has 0 bridgehead atoms. The molecule has 48 heavy (non-hydrogen) atoms. The molecular formula is C38H43F2NO7. The van der Waals surface area contributed by atoms with Gasteiger partial charge in [-0.25, -0.2) is 13.6 Å². The molecule has 0 heterocycles. The van der Waals surface area contributed by atoms with Gasteiger partial charge >= 0.3 is 5.97 Å². The number of nitrogens with one attached hydrogen (secondary N) is 1. The highest BCUT2D eigenvalue weighted by Gasteiger charge is 2.24. The summed E-state index contributed by atoms with van der Waals surface area (Å²) in [7, 11) is 0. The molecule has 0 radical (unpaired) electrons. The molecule has 0 fully saturated rings. The number of aryl methyl sites for hydroxylation is 1. The second kappa shape index (κ2) is 18.8. The zero-order valence-corrected chi connectivity index (χ0v) is 26.8. The van der Waals surface area contributed by atoms with E-state index in [1.54, 1.807) is 0 Å². The van der Waals surface area contributed by atoms with Crippen LogP contribution >= 0.6 is 0 Å². The summed E-state index contributed by atoms with van der Waals surface area (Å²) in [5.41, 5.74) is 1.21. The number of carbonyl (C=O) groups excluding carboxylic acids is 1. The Morgan fingerprint density at radius 1 is 0.812 bits per heavy atom. The van der Waals surface area contributed by atoms with Crippen molar-refractivity contribution in [3.63, 3.8) is 0 Å². The molecule has 1 atom stereocenters. The maximum Gasteiger partial charge on any atom is 0.347 e. The number of hydrogen-bond donors (Lipinski definition) is 5. The van der Waals surface area contributed by atoms with Gasteiger partial charge in [0.25, 0.3) is 0 Å². The molecule has 0 saturated carbocycles. The van der Waals surface area contributed by atoms with Crippen LogP contribution in [0.25, 0.3) is 11.1 Å². The maximum absolute atomic E-state index is 14.4. The summed E-state index contributed by atoms with van der Waals surface area (Å²) in [6.45, 7) is 1.54. The average molecular weight is 664 g/mol. The van der Waals surface area contributed by atoms with Crippen LogP contribution in [0.15, 0.2) is 78.9 Å². The minimum Gasteiger partial charge on any atom is -0.507 e. The molecule has 0 spiro atoms. The second-order valence-electron chi connectivity index (χ2n) is 11.6. The number of unbranched alkanes of at least 4 members (excludes halogenated alkanes) is 4. The number of ether oxygens (including phenoxy) is 2. The van der Waals surface area contributed by atoms with Gasteiger partial charge in [0.1, 0.15) is 34.4 Å². The van der Waals surface area contributed by atoms with Crippen LogP contribution in [0, 0.1) is 11.6 Å². The van der Waals surface area contributed by atoms with Crippen LogP contribution < -0.4 is 10.1 Å². The second-order valence-corrected chi connectivity index (χ2v) is 11.6. The predicted molar refractivity (Wildman–Crippen MR) is 179 cm³/mol. The van der Waals surface area contributed by atoms with Crippen LogP contribution in [0.5, 0.6) is 17.2 Å². The molecule has 10 heteroatoms. The molecule has 0 aliphatic heterocycles. The van der Waals surface area contributed by atoms with Gasteiger partial charge < -0.3 is 35.2 Å². The van der Waals surface area contributed by atoms with Crippen molar-refractivity contribution in [2.45, 2.75) is 57.7 Å². The molecule has 8 nitrogen and oxygen atoms in total. The molecule has 0 saturated heterocycles. The lowest BCUT2D eigenvalue weighted by Crippen LogP contribution is -2.23. The van der Waals surface area contributed by atoms with Crippen molar-refractivity contribution in [3.8, 4) is 28.4 Å². The molecule has 4 aromatic carbocycles. The van der Waals surface area contributed by atoms with Crippen molar-refractivity contribution >= 4 is 5.97 Å². The fraction of sp³-hybridized carbons (Fsp3) is 0.342. The van der Waals surface area contributed by atoms with E-state index in [1.807, 2.05) is 6.07 Å². The first-order valence-electron chi connectivity index (χ1n) is 16.2. The SMILES string of the molecule is O=C(Oc1c(C(O)CNCCCCCCOCCCCc2ccccc2)ccc(O)c1CO)c1cc(-c2ccc(F)cc2F)ccc1O. The van der Waals surface area contributed by atoms with Crippen molar-refractivity contribution in [1.82, 2.24) is 5.32 Å². The van der Waals surface area contributed by atoms with Crippen molar-refractivity contribution in [1.29, 1.82) is 0 Å². The molecule has 0 aliphatic carbocycles. The third kappa shape index (κ3) is 10.6. The van der Waals surface area contributed by atoms with Crippen molar-refractivity contribution < 1.29 is 43.5 Å². The minimum absolute atomic E-state index is 0.000438. The molecule has 0 amide bonds. The number of halogens is 2. The summed E-state index contributed by atoms with van der Waals surface area (Å²) < 4.78 is 39.1.